The second-order valence-electron chi connectivity index (χ2n) is 6.86. The number of benzene rings is 2. The van der Waals surface area contributed by atoms with Crippen molar-refractivity contribution in [2.24, 2.45) is 0 Å². The van der Waals surface area contributed by atoms with Gasteiger partial charge in [-0.25, -0.2) is 9.07 Å². The lowest BCUT2D eigenvalue weighted by atomic mass is 10.2. The highest BCUT2D eigenvalue weighted by Crippen LogP contribution is 2.31. The number of nitrogens with zero attached hydrogens (tertiary/aromatic N) is 3. The van der Waals surface area contributed by atoms with Gasteiger partial charge in [-0.05, 0) is 49.4 Å². The minimum absolute atomic E-state index is 0.158. The number of aromatic nitrogens is 2. The SMILES string of the molecule is Cc1nn(-c2ccc(F)cc2)c(Cl)c1C(=O)Nc1ccc(N2CCSCC2)c(Cl)c1. The number of aryl methyl sites for hydroxylation is 1. The van der Waals surface area contributed by atoms with Gasteiger partial charge in [0, 0.05) is 30.3 Å². The molecule has 1 aliphatic heterocycles. The van der Waals surface area contributed by atoms with Crippen LogP contribution in [0.4, 0.5) is 15.8 Å². The molecule has 5 nitrogen and oxygen atoms in total. The molecule has 0 radical (unpaired) electrons. The molecule has 1 aliphatic rings. The summed E-state index contributed by atoms with van der Waals surface area (Å²) in [5, 5.41) is 7.92. The lowest BCUT2D eigenvalue weighted by Gasteiger charge is -2.29. The van der Waals surface area contributed by atoms with Gasteiger partial charge in [0.1, 0.15) is 16.5 Å². The van der Waals surface area contributed by atoms with Gasteiger partial charge in [0.05, 0.1) is 22.1 Å². The quantitative estimate of drug-likeness (QED) is 0.558. The molecule has 2 aromatic carbocycles. The molecule has 1 aromatic heterocycles. The van der Waals surface area contributed by atoms with Gasteiger partial charge in [0.15, 0.2) is 0 Å². The number of carbonyl (C=O) groups is 1. The first-order chi connectivity index (χ1) is 14.4. The zero-order valence-corrected chi connectivity index (χ0v) is 18.5. The van der Waals surface area contributed by atoms with E-state index in [2.05, 4.69) is 15.3 Å². The van der Waals surface area contributed by atoms with Gasteiger partial charge in [-0.2, -0.15) is 16.9 Å². The van der Waals surface area contributed by atoms with E-state index in [1.807, 2.05) is 23.9 Å². The summed E-state index contributed by atoms with van der Waals surface area (Å²) in [6, 6.07) is 11.2. The number of hydrogen-bond acceptors (Lipinski definition) is 4. The molecule has 0 bridgehead atoms. The zero-order valence-electron chi connectivity index (χ0n) is 16.2. The van der Waals surface area contributed by atoms with E-state index in [0.29, 0.717) is 22.1 Å². The topological polar surface area (TPSA) is 50.2 Å². The van der Waals surface area contributed by atoms with Crippen molar-refractivity contribution < 1.29 is 9.18 Å². The average Bonchev–Trinajstić information content (AvgIpc) is 3.03. The minimum Gasteiger partial charge on any atom is -0.369 e. The monoisotopic (exact) mass is 464 g/mol. The predicted octanol–water partition coefficient (Wildman–Crippen LogP) is 5.43. The highest BCUT2D eigenvalue weighted by molar-refractivity contribution is 7.99. The Morgan fingerprint density at radius 2 is 1.83 bits per heavy atom. The van der Waals surface area contributed by atoms with E-state index in [1.54, 1.807) is 25.1 Å². The second kappa shape index (κ2) is 8.88. The lowest BCUT2D eigenvalue weighted by molar-refractivity contribution is 0.102. The van der Waals surface area contributed by atoms with Crippen LogP contribution in [-0.4, -0.2) is 40.3 Å². The van der Waals surface area contributed by atoms with Crippen molar-refractivity contribution in [1.82, 2.24) is 9.78 Å². The number of halogens is 3. The van der Waals surface area contributed by atoms with Crippen molar-refractivity contribution in [2.45, 2.75) is 6.92 Å². The predicted molar refractivity (Wildman–Crippen MR) is 122 cm³/mol. The first-order valence-corrected chi connectivity index (χ1v) is 11.3. The Hall–Kier alpha value is -2.22. The summed E-state index contributed by atoms with van der Waals surface area (Å²) in [6.07, 6.45) is 0. The fraction of sp³-hybridized carbons (Fsp3) is 0.238. The number of nitrogens with one attached hydrogen (secondary N) is 1. The van der Waals surface area contributed by atoms with E-state index in [9.17, 15) is 9.18 Å². The van der Waals surface area contributed by atoms with Crippen LogP contribution >= 0.6 is 35.0 Å². The summed E-state index contributed by atoms with van der Waals surface area (Å²) >= 11 is 14.8. The number of anilines is 2. The number of rotatable bonds is 4. The molecule has 0 atom stereocenters. The van der Waals surface area contributed by atoms with Crippen LogP contribution in [0.25, 0.3) is 5.69 Å². The van der Waals surface area contributed by atoms with Crippen LogP contribution in [-0.2, 0) is 0 Å². The van der Waals surface area contributed by atoms with Crippen molar-refractivity contribution in [3.63, 3.8) is 0 Å². The Kier molecular flexibility index (Phi) is 6.22. The van der Waals surface area contributed by atoms with Crippen LogP contribution in [0, 0.1) is 12.7 Å². The van der Waals surface area contributed by atoms with E-state index < -0.39 is 0 Å². The standard InChI is InChI=1S/C21H19Cl2FN4OS/c1-13-19(20(23)28(26-13)16-5-2-14(24)3-6-16)21(29)25-15-4-7-18(17(22)12-15)27-8-10-30-11-9-27/h2-7,12H,8-11H2,1H3,(H,25,29). The molecule has 0 aliphatic carbocycles. The summed E-state index contributed by atoms with van der Waals surface area (Å²) in [5.41, 5.74) is 2.83. The third kappa shape index (κ3) is 4.29. The van der Waals surface area contributed by atoms with Gasteiger partial charge in [-0.1, -0.05) is 23.2 Å². The van der Waals surface area contributed by atoms with Gasteiger partial charge in [0.25, 0.3) is 5.91 Å². The largest absolute Gasteiger partial charge is 0.369 e. The number of amides is 1. The van der Waals surface area contributed by atoms with Crippen LogP contribution in [0.1, 0.15) is 16.1 Å². The van der Waals surface area contributed by atoms with Gasteiger partial charge in [-0.15, -0.1) is 0 Å². The summed E-state index contributed by atoms with van der Waals surface area (Å²) in [4.78, 5) is 15.1. The summed E-state index contributed by atoms with van der Waals surface area (Å²) < 4.78 is 14.6. The zero-order chi connectivity index (χ0) is 21.3. The number of hydrogen-bond donors (Lipinski definition) is 1. The van der Waals surface area contributed by atoms with Crippen molar-refractivity contribution >= 4 is 52.2 Å². The van der Waals surface area contributed by atoms with Gasteiger partial charge in [-0.3, -0.25) is 4.79 Å². The Bertz CT molecular complexity index is 1080. The van der Waals surface area contributed by atoms with Crippen LogP contribution in [0.15, 0.2) is 42.5 Å². The highest BCUT2D eigenvalue weighted by Gasteiger charge is 2.22. The maximum absolute atomic E-state index is 13.2. The second-order valence-corrected chi connectivity index (χ2v) is 8.85. The first kappa shape index (κ1) is 21.0. The highest BCUT2D eigenvalue weighted by atomic mass is 35.5. The average molecular weight is 465 g/mol. The van der Waals surface area contributed by atoms with E-state index in [0.717, 1.165) is 30.3 Å². The van der Waals surface area contributed by atoms with Crippen molar-refractivity contribution in [3.05, 3.63) is 69.7 Å². The maximum Gasteiger partial charge on any atom is 0.260 e. The van der Waals surface area contributed by atoms with Crippen LogP contribution in [0.2, 0.25) is 10.2 Å². The fourth-order valence-electron chi connectivity index (χ4n) is 3.35. The molecule has 1 saturated heterocycles. The Labute approximate surface area is 188 Å². The maximum atomic E-state index is 13.2. The summed E-state index contributed by atoms with van der Waals surface area (Å²) in [5.74, 6) is 1.40. The van der Waals surface area contributed by atoms with Crippen molar-refractivity contribution in [1.29, 1.82) is 0 Å². The number of thioether (sulfide) groups is 1. The molecule has 0 saturated carbocycles. The van der Waals surface area contributed by atoms with E-state index in [1.165, 1.54) is 16.8 Å². The van der Waals surface area contributed by atoms with Crippen LogP contribution < -0.4 is 10.2 Å². The molecule has 0 spiro atoms. The molecule has 0 unspecified atom stereocenters. The van der Waals surface area contributed by atoms with Crippen LogP contribution in [0.3, 0.4) is 0 Å². The molecule has 156 valence electrons. The van der Waals surface area contributed by atoms with Gasteiger partial charge < -0.3 is 10.2 Å². The Morgan fingerprint density at radius 1 is 1.13 bits per heavy atom. The summed E-state index contributed by atoms with van der Waals surface area (Å²) in [7, 11) is 0. The number of carbonyl (C=O) groups excluding carboxylic acids is 1. The van der Waals surface area contributed by atoms with Gasteiger partial charge in [0.2, 0.25) is 0 Å². The Morgan fingerprint density at radius 3 is 2.50 bits per heavy atom. The van der Waals surface area contributed by atoms with Gasteiger partial charge >= 0.3 is 0 Å². The molecule has 1 amide bonds. The molecular formula is C21H19Cl2FN4OS. The molecule has 9 heteroatoms. The van der Waals surface area contributed by atoms with E-state index in [-0.39, 0.29) is 22.4 Å². The molecule has 30 heavy (non-hydrogen) atoms. The normalized spacial score (nSPS) is 14.1. The molecule has 4 rings (SSSR count). The first-order valence-electron chi connectivity index (χ1n) is 9.38. The lowest BCUT2D eigenvalue weighted by Crippen LogP contribution is -2.32. The molecular weight excluding hydrogens is 446 g/mol. The fourth-order valence-corrected chi connectivity index (χ4v) is 4.91. The van der Waals surface area contributed by atoms with Crippen LogP contribution in [0.5, 0.6) is 0 Å². The van der Waals surface area contributed by atoms with E-state index >= 15 is 0 Å². The smallest absolute Gasteiger partial charge is 0.260 e. The van der Waals surface area contributed by atoms with Crippen molar-refractivity contribution in [3.8, 4) is 5.69 Å². The Balaban J connectivity index is 1.55. The third-order valence-corrected chi connectivity index (χ3v) is 6.45. The molecule has 3 aromatic rings. The third-order valence-electron chi connectivity index (χ3n) is 4.86. The molecule has 2 heterocycles. The van der Waals surface area contributed by atoms with E-state index in [4.69, 9.17) is 23.2 Å². The molecule has 1 N–H and O–H groups in total. The minimum atomic E-state index is -0.385. The summed E-state index contributed by atoms with van der Waals surface area (Å²) in [6.45, 7) is 3.60. The van der Waals surface area contributed by atoms with Crippen molar-refractivity contribution in [2.75, 3.05) is 34.8 Å². The molecule has 1 fully saturated rings.